The predicted molar refractivity (Wildman–Crippen MR) is 150 cm³/mol. The molecule has 0 bridgehead atoms. The van der Waals surface area contributed by atoms with Crippen LogP contribution in [0.4, 0.5) is 5.13 Å². The van der Waals surface area contributed by atoms with Gasteiger partial charge in [-0.15, -0.1) is 0 Å². The van der Waals surface area contributed by atoms with Crippen LogP contribution in [-0.4, -0.2) is 79.9 Å². The lowest BCUT2D eigenvalue weighted by atomic mass is 10.1. The van der Waals surface area contributed by atoms with Crippen molar-refractivity contribution >= 4 is 48.3 Å². The van der Waals surface area contributed by atoms with Crippen molar-refractivity contribution < 1.29 is 32.3 Å². The van der Waals surface area contributed by atoms with Gasteiger partial charge in [0.2, 0.25) is 5.88 Å². The minimum Gasteiger partial charge on any atom is -0.476 e. The van der Waals surface area contributed by atoms with Gasteiger partial charge in [0.25, 0.3) is 5.91 Å². The number of carbonyl (C=O) groups is 1. The maximum absolute atomic E-state index is 13.4. The van der Waals surface area contributed by atoms with E-state index in [0.29, 0.717) is 59.6 Å². The third-order valence-electron chi connectivity index (χ3n) is 6.22. The standard InChI is InChI=1S/C26H31N5O7S2/c1-26(2,27)15-37-21-8-7-20-24(29-21)39-25(28-20)30-23(32)22(31-38-17-9-11-35-13-17)16-3-5-18(6-4-16)40(33,34)19-10-12-36-14-19/h3-8,17,19H,9-15,27H2,1-2H3,(H,28,30,32)/t17-,19+/m1/s1. The molecule has 0 unspecified atom stereocenters. The molecule has 40 heavy (non-hydrogen) atoms. The van der Waals surface area contributed by atoms with Crippen molar-refractivity contribution in [1.82, 2.24) is 9.97 Å². The van der Waals surface area contributed by atoms with Gasteiger partial charge < -0.3 is 24.8 Å². The van der Waals surface area contributed by atoms with Crippen molar-refractivity contribution in [2.45, 2.75) is 48.5 Å². The van der Waals surface area contributed by atoms with E-state index in [0.717, 1.165) is 0 Å². The molecule has 14 heteroatoms. The zero-order valence-electron chi connectivity index (χ0n) is 22.2. The third-order valence-corrected chi connectivity index (χ3v) is 9.28. The molecule has 2 aromatic heterocycles. The van der Waals surface area contributed by atoms with Gasteiger partial charge >= 0.3 is 0 Å². The summed E-state index contributed by atoms with van der Waals surface area (Å²) in [4.78, 5) is 28.6. The lowest BCUT2D eigenvalue weighted by Crippen LogP contribution is -2.38. The molecule has 0 aliphatic carbocycles. The van der Waals surface area contributed by atoms with Crippen molar-refractivity contribution in [2.75, 3.05) is 38.4 Å². The second kappa shape index (κ2) is 11.7. The Kier molecular flexibility index (Phi) is 8.33. The molecule has 5 rings (SSSR count). The lowest BCUT2D eigenvalue weighted by Gasteiger charge is -2.18. The van der Waals surface area contributed by atoms with Gasteiger partial charge in [0.15, 0.2) is 26.8 Å². The number of thiazole rings is 1. The summed E-state index contributed by atoms with van der Waals surface area (Å²) >= 11 is 1.18. The fraction of sp³-hybridized carbons (Fsp3) is 0.462. The fourth-order valence-electron chi connectivity index (χ4n) is 4.05. The average molecular weight is 590 g/mol. The summed E-state index contributed by atoms with van der Waals surface area (Å²) in [7, 11) is -3.55. The smallest absolute Gasteiger partial charge is 0.280 e. The van der Waals surface area contributed by atoms with E-state index in [9.17, 15) is 13.2 Å². The van der Waals surface area contributed by atoms with E-state index in [2.05, 4.69) is 20.4 Å². The van der Waals surface area contributed by atoms with Crippen LogP contribution in [0.25, 0.3) is 10.3 Å². The van der Waals surface area contributed by atoms with E-state index in [1.54, 1.807) is 12.1 Å². The molecule has 0 saturated carbocycles. The van der Waals surface area contributed by atoms with E-state index in [-0.39, 0.29) is 29.9 Å². The van der Waals surface area contributed by atoms with Crippen LogP contribution in [0, 0.1) is 0 Å². The molecular formula is C26H31N5O7S2. The molecule has 0 radical (unpaired) electrons. The van der Waals surface area contributed by atoms with Crippen LogP contribution in [0.1, 0.15) is 32.3 Å². The summed E-state index contributed by atoms with van der Waals surface area (Å²) in [5.41, 5.74) is 6.41. The molecule has 0 spiro atoms. The van der Waals surface area contributed by atoms with Gasteiger partial charge in [0, 0.05) is 30.2 Å². The summed E-state index contributed by atoms with van der Waals surface area (Å²) in [5, 5.41) is 6.63. The molecule has 2 aliphatic heterocycles. The monoisotopic (exact) mass is 589 g/mol. The maximum atomic E-state index is 13.4. The fourth-order valence-corrected chi connectivity index (χ4v) is 6.46. The molecule has 2 saturated heterocycles. The molecule has 12 nitrogen and oxygen atoms in total. The van der Waals surface area contributed by atoms with Crippen molar-refractivity contribution in [3.8, 4) is 5.88 Å². The Morgan fingerprint density at radius 3 is 2.55 bits per heavy atom. The van der Waals surface area contributed by atoms with E-state index >= 15 is 0 Å². The highest BCUT2D eigenvalue weighted by atomic mass is 32.2. The van der Waals surface area contributed by atoms with Gasteiger partial charge in [-0.1, -0.05) is 28.6 Å². The Bertz CT molecular complexity index is 1490. The zero-order chi connectivity index (χ0) is 28.3. The summed E-state index contributed by atoms with van der Waals surface area (Å²) < 4.78 is 42.1. The molecular weight excluding hydrogens is 558 g/mol. The summed E-state index contributed by atoms with van der Waals surface area (Å²) in [6.45, 7) is 5.50. The third kappa shape index (κ3) is 6.75. The average Bonchev–Trinajstić information content (AvgIpc) is 3.69. The van der Waals surface area contributed by atoms with Gasteiger partial charge in [-0.3, -0.25) is 10.1 Å². The van der Waals surface area contributed by atoms with Crippen molar-refractivity contribution in [3.63, 3.8) is 0 Å². The first-order valence-corrected chi connectivity index (χ1v) is 15.2. The van der Waals surface area contributed by atoms with Crippen LogP contribution < -0.4 is 15.8 Å². The number of hydrogen-bond acceptors (Lipinski definition) is 12. The van der Waals surface area contributed by atoms with Gasteiger partial charge in [-0.05, 0) is 38.5 Å². The Morgan fingerprint density at radius 1 is 1.12 bits per heavy atom. The van der Waals surface area contributed by atoms with Crippen LogP contribution >= 0.6 is 11.3 Å². The van der Waals surface area contributed by atoms with Gasteiger partial charge in [-0.25, -0.2) is 18.4 Å². The first-order chi connectivity index (χ1) is 19.1. The van der Waals surface area contributed by atoms with Gasteiger partial charge in [0.05, 0.1) is 30.0 Å². The maximum Gasteiger partial charge on any atom is 0.280 e. The molecule has 214 valence electrons. The highest BCUT2D eigenvalue weighted by Crippen LogP contribution is 2.27. The van der Waals surface area contributed by atoms with Crippen molar-refractivity contribution in [3.05, 3.63) is 42.0 Å². The minimum atomic E-state index is -3.55. The summed E-state index contributed by atoms with van der Waals surface area (Å²) in [6, 6.07) is 9.46. The first kappa shape index (κ1) is 28.4. The van der Waals surface area contributed by atoms with E-state index in [1.807, 2.05) is 13.8 Å². The number of benzene rings is 1. The number of rotatable bonds is 10. The molecule has 4 heterocycles. The molecule has 3 aromatic rings. The zero-order valence-corrected chi connectivity index (χ0v) is 23.8. The SMILES string of the molecule is CC(C)(N)COc1ccc2nc(NC(=O)C(=NO[C@@H]3CCOC3)c3ccc(S(=O)(=O)[C@H]4CCOC4)cc3)sc2n1. The number of amides is 1. The van der Waals surface area contributed by atoms with Gasteiger partial charge in [-0.2, -0.15) is 0 Å². The number of aromatic nitrogens is 2. The molecule has 3 N–H and O–H groups in total. The second-order valence-corrected chi connectivity index (χ2v) is 13.5. The van der Waals surface area contributed by atoms with Crippen LogP contribution in [0.3, 0.4) is 0 Å². The number of oxime groups is 1. The normalized spacial score (nSPS) is 20.1. The first-order valence-electron chi connectivity index (χ1n) is 12.8. The van der Waals surface area contributed by atoms with E-state index in [1.165, 1.54) is 35.6 Å². The van der Waals surface area contributed by atoms with Crippen LogP contribution in [0.15, 0.2) is 46.4 Å². The topological polar surface area (TPSA) is 164 Å². The highest BCUT2D eigenvalue weighted by Gasteiger charge is 2.31. The number of fused-ring (bicyclic) bond motifs is 1. The number of nitrogens with two attached hydrogens (primary N) is 1. The number of nitrogens with zero attached hydrogens (tertiary/aromatic N) is 3. The molecule has 2 atom stereocenters. The largest absolute Gasteiger partial charge is 0.476 e. The van der Waals surface area contributed by atoms with Crippen molar-refractivity contribution in [2.24, 2.45) is 10.9 Å². The predicted octanol–water partition coefficient (Wildman–Crippen LogP) is 2.52. The van der Waals surface area contributed by atoms with Crippen LogP contribution in [0.5, 0.6) is 5.88 Å². The Hall–Kier alpha value is -3.17. The number of nitrogens with one attached hydrogen (secondary N) is 1. The number of ether oxygens (including phenoxy) is 3. The minimum absolute atomic E-state index is 0.0264. The number of carbonyl (C=O) groups excluding carboxylic acids is 1. The Balaban J connectivity index is 1.36. The molecule has 1 aromatic carbocycles. The van der Waals surface area contributed by atoms with E-state index in [4.69, 9.17) is 24.8 Å². The number of pyridine rings is 1. The van der Waals surface area contributed by atoms with Crippen LogP contribution in [0.2, 0.25) is 0 Å². The number of anilines is 1. The summed E-state index contributed by atoms with van der Waals surface area (Å²) in [6.07, 6.45) is 0.814. The quantitative estimate of drug-likeness (QED) is 0.265. The molecule has 1 amide bonds. The summed E-state index contributed by atoms with van der Waals surface area (Å²) in [5.74, 6) is -0.166. The van der Waals surface area contributed by atoms with Gasteiger partial charge in [0.1, 0.15) is 17.0 Å². The molecule has 2 fully saturated rings. The number of sulfone groups is 1. The molecule has 2 aliphatic rings. The number of hydrogen-bond donors (Lipinski definition) is 2. The van der Waals surface area contributed by atoms with E-state index < -0.39 is 26.5 Å². The Morgan fingerprint density at radius 2 is 1.88 bits per heavy atom. The van der Waals surface area contributed by atoms with Crippen molar-refractivity contribution in [1.29, 1.82) is 0 Å². The second-order valence-electron chi connectivity index (χ2n) is 10.3. The van der Waals surface area contributed by atoms with Crippen LogP contribution in [-0.2, 0) is 28.9 Å². The Labute approximate surface area is 235 Å². The highest BCUT2D eigenvalue weighted by molar-refractivity contribution is 7.92. The lowest BCUT2D eigenvalue weighted by molar-refractivity contribution is -0.110.